The quantitative estimate of drug-likeness (QED) is 0.0997. The van der Waals surface area contributed by atoms with E-state index in [4.69, 9.17) is 26.7 Å². The maximum atomic E-state index is 14.7. The first kappa shape index (κ1) is 49.8. The van der Waals surface area contributed by atoms with Gasteiger partial charge in [0.05, 0.1) is 12.1 Å². The first-order chi connectivity index (χ1) is 29.9. The highest BCUT2D eigenvalue weighted by molar-refractivity contribution is 5.97. The molecule has 2 aromatic rings. The monoisotopic (exact) mass is 858 g/mol. The summed E-state index contributed by atoms with van der Waals surface area (Å²) < 4.78 is 12.2. The van der Waals surface area contributed by atoms with Crippen LogP contribution in [0.15, 0.2) is 36.4 Å². The van der Waals surface area contributed by atoms with Gasteiger partial charge in [0.15, 0.2) is 11.6 Å². The van der Waals surface area contributed by atoms with E-state index in [1.807, 2.05) is 12.1 Å². The fraction of sp³-hybridized carbons (Fsp3) is 0.625. The molecule has 0 saturated carbocycles. The van der Waals surface area contributed by atoms with E-state index in [0.29, 0.717) is 40.2 Å². The van der Waals surface area contributed by atoms with Crippen LogP contribution in [0.2, 0.25) is 0 Å². The van der Waals surface area contributed by atoms with Crippen LogP contribution >= 0.6 is 0 Å². The normalized spacial score (nSPS) is 20.2. The number of nitriles is 1. The fourth-order valence-electron chi connectivity index (χ4n) is 8.54. The number of hydrogen-bond acceptors (Lipinski definition) is 11. The lowest BCUT2D eigenvalue weighted by Gasteiger charge is -2.33. The molecule has 2 heterocycles. The van der Waals surface area contributed by atoms with Gasteiger partial charge in [0.2, 0.25) is 17.7 Å². The molecule has 5 atom stereocenters. The third-order valence-corrected chi connectivity index (χ3v) is 12.0. The summed E-state index contributed by atoms with van der Waals surface area (Å²) in [5.41, 5.74) is 20.4. The van der Waals surface area contributed by atoms with Crippen LogP contribution in [-0.2, 0) is 30.4 Å². The molecule has 14 heteroatoms. The van der Waals surface area contributed by atoms with Crippen molar-refractivity contribution >= 4 is 29.3 Å². The Hall–Kier alpha value is -4.84. The van der Waals surface area contributed by atoms with E-state index in [0.717, 1.165) is 25.7 Å². The van der Waals surface area contributed by atoms with E-state index in [9.17, 15) is 29.2 Å². The van der Waals surface area contributed by atoms with E-state index in [-0.39, 0.29) is 76.6 Å². The van der Waals surface area contributed by atoms with Gasteiger partial charge in [-0.2, -0.15) is 5.26 Å². The highest BCUT2D eigenvalue weighted by atomic mass is 16.5. The van der Waals surface area contributed by atoms with Crippen molar-refractivity contribution in [2.24, 2.45) is 23.1 Å². The molecular formula is C48H71N7O7. The Bertz CT molecular complexity index is 1850. The molecular weight excluding hydrogens is 787 g/mol. The molecule has 14 nitrogen and oxygen atoms in total. The number of hydrogen-bond donors (Lipinski definition) is 4. The molecule has 7 N–H and O–H groups in total. The molecule has 2 aliphatic rings. The van der Waals surface area contributed by atoms with Crippen LogP contribution in [0.1, 0.15) is 134 Å². The zero-order valence-corrected chi connectivity index (χ0v) is 37.3. The molecule has 3 amide bonds. The Morgan fingerprint density at radius 3 is 2.06 bits per heavy atom. The molecule has 4 bridgehead atoms. The predicted octanol–water partition coefficient (Wildman–Crippen LogP) is 5.67. The van der Waals surface area contributed by atoms with Gasteiger partial charge in [0.1, 0.15) is 36.8 Å². The lowest BCUT2D eigenvalue weighted by Crippen LogP contribution is -2.49. The number of nitrogens with zero attached hydrogens (tertiary/aromatic N) is 3. The lowest BCUT2D eigenvalue weighted by atomic mass is 9.89. The van der Waals surface area contributed by atoms with Crippen molar-refractivity contribution < 1.29 is 33.4 Å². The summed E-state index contributed by atoms with van der Waals surface area (Å²) in [4.78, 5) is 73.2. The van der Waals surface area contributed by atoms with Crippen molar-refractivity contribution in [2.45, 2.75) is 147 Å². The Kier molecular flexibility index (Phi) is 20.8. The average molecular weight is 858 g/mol. The van der Waals surface area contributed by atoms with E-state index in [2.05, 4.69) is 12.2 Å². The second kappa shape index (κ2) is 25.9. The predicted molar refractivity (Wildman–Crippen MR) is 240 cm³/mol. The van der Waals surface area contributed by atoms with E-state index >= 15 is 0 Å². The molecule has 62 heavy (non-hydrogen) atoms. The number of rotatable bonds is 23. The van der Waals surface area contributed by atoms with E-state index < -0.39 is 47.7 Å². The third-order valence-electron chi connectivity index (χ3n) is 12.0. The average Bonchev–Trinajstić information content (AvgIpc) is 3.66. The number of ketones is 2. The van der Waals surface area contributed by atoms with Crippen LogP contribution in [0.25, 0.3) is 11.1 Å². The number of Topliss-reactive ketones (excluding diaryl/α,β-unsaturated/α-hetero) is 2. The van der Waals surface area contributed by atoms with Crippen molar-refractivity contribution in [3.8, 4) is 28.7 Å². The summed E-state index contributed by atoms with van der Waals surface area (Å²) >= 11 is 0. The molecule has 0 spiro atoms. The highest BCUT2D eigenvalue weighted by Crippen LogP contribution is 2.41. The van der Waals surface area contributed by atoms with Gasteiger partial charge in [0.25, 0.3) is 0 Å². The smallest absolute Gasteiger partial charge is 0.246 e. The molecule has 1 fully saturated rings. The van der Waals surface area contributed by atoms with Crippen LogP contribution in [0.4, 0.5) is 0 Å². The van der Waals surface area contributed by atoms with Crippen molar-refractivity contribution in [1.82, 2.24) is 15.1 Å². The fourth-order valence-corrected chi connectivity index (χ4v) is 8.54. The summed E-state index contributed by atoms with van der Waals surface area (Å²) in [6.07, 6.45) is 13.1. The summed E-state index contributed by atoms with van der Waals surface area (Å²) in [7, 11) is 1.55. The molecule has 0 aromatic heterocycles. The van der Waals surface area contributed by atoms with E-state index in [1.54, 1.807) is 49.2 Å². The van der Waals surface area contributed by atoms with Crippen LogP contribution in [0.5, 0.6) is 11.5 Å². The molecule has 1 unspecified atom stereocenters. The van der Waals surface area contributed by atoms with Crippen LogP contribution in [-0.4, -0.2) is 97.1 Å². The van der Waals surface area contributed by atoms with Gasteiger partial charge in [-0.1, -0.05) is 90.2 Å². The van der Waals surface area contributed by atoms with Crippen LogP contribution < -0.4 is 32.0 Å². The molecule has 2 aliphatic heterocycles. The number of amides is 3. The number of fused-ring (bicyclic) bond motifs is 5. The van der Waals surface area contributed by atoms with Gasteiger partial charge < -0.3 is 41.8 Å². The number of carbonyl (C=O) groups excluding carboxylic acids is 5. The Labute approximate surface area is 368 Å². The number of carbonyl (C=O) groups is 5. The largest absolute Gasteiger partial charge is 0.492 e. The Morgan fingerprint density at radius 2 is 1.45 bits per heavy atom. The van der Waals surface area contributed by atoms with Crippen LogP contribution in [0, 0.1) is 17.2 Å². The van der Waals surface area contributed by atoms with Gasteiger partial charge in [-0.25, -0.2) is 0 Å². The van der Waals surface area contributed by atoms with Gasteiger partial charge >= 0.3 is 0 Å². The number of ether oxygens (including phenoxy) is 2. The number of benzene rings is 2. The van der Waals surface area contributed by atoms with E-state index in [1.165, 1.54) is 49.8 Å². The first-order valence-corrected chi connectivity index (χ1v) is 22.9. The second-order valence-corrected chi connectivity index (χ2v) is 17.0. The van der Waals surface area contributed by atoms with Gasteiger partial charge in [0, 0.05) is 75.5 Å². The second-order valence-electron chi connectivity index (χ2n) is 17.0. The third kappa shape index (κ3) is 14.4. The molecule has 0 radical (unpaired) electrons. The maximum absolute atomic E-state index is 14.7. The number of nitrogens with one attached hydrogen (secondary N) is 1. The Morgan fingerprint density at radius 1 is 0.855 bits per heavy atom. The first-order valence-electron chi connectivity index (χ1n) is 22.9. The van der Waals surface area contributed by atoms with Gasteiger partial charge in [-0.15, -0.1) is 0 Å². The van der Waals surface area contributed by atoms with Gasteiger partial charge in [-0.3, -0.25) is 24.0 Å². The zero-order chi connectivity index (χ0) is 45.0. The topological polar surface area (TPSA) is 224 Å². The number of likely N-dealkylation sites (N-methyl/N-ethyl adjacent to an activating group) is 1. The minimum absolute atomic E-state index is 0.0126. The molecule has 1 saturated heterocycles. The van der Waals surface area contributed by atoms with Gasteiger partial charge in [-0.05, 0) is 54.7 Å². The SMILES string of the molecule is CCCCCCCCCCCCCC(=O)N1C[C@@H](N)CC1C(=O)N(C)[C@@H]1C(=O)C[C@@H](C)C(=O)N[C@H](C(=O)CCC#N)Cc2ccc(OCCN)c(c2)-c2cc1ccc2OCCN. The summed E-state index contributed by atoms with van der Waals surface area (Å²) in [5, 5.41) is 12.1. The Balaban J connectivity index is 1.66. The van der Waals surface area contributed by atoms with Crippen LogP contribution in [0.3, 0.4) is 0 Å². The number of unbranched alkanes of at least 4 members (excludes halogenated alkanes) is 10. The van der Waals surface area contributed by atoms with Crippen molar-refractivity contribution in [2.75, 3.05) is 39.9 Å². The minimum Gasteiger partial charge on any atom is -0.492 e. The summed E-state index contributed by atoms with van der Waals surface area (Å²) in [6.45, 7) is 4.94. The highest BCUT2D eigenvalue weighted by Gasteiger charge is 2.42. The number of nitrogens with two attached hydrogens (primary N) is 3. The molecule has 2 aromatic carbocycles. The number of likely N-dealkylation sites (tertiary alicyclic amines) is 1. The molecule has 340 valence electrons. The van der Waals surface area contributed by atoms with Crippen molar-refractivity contribution in [3.63, 3.8) is 0 Å². The minimum atomic E-state index is -1.17. The van der Waals surface area contributed by atoms with Crippen molar-refractivity contribution in [1.29, 1.82) is 5.26 Å². The zero-order valence-electron chi connectivity index (χ0n) is 37.3. The standard InChI is InChI=1S/C48H71N7O7/c1-4-5-6-7-8-9-10-11-12-13-14-17-45(58)55-32-36(52)31-40(55)48(60)54(3)46-35-19-21-44(62-26-24-51)38(30-35)37-28-34(18-20-43(37)61-25-23-50)29-39(41(56)16-15-22-49)53-47(59)33(2)27-42(46)57/h18-21,28,30,33,36,39-40,46H,4-17,23-27,29,31-32,50-52H2,1-3H3,(H,53,59)/t33-,36+,39+,40?,46+/m1/s1. The summed E-state index contributed by atoms with van der Waals surface area (Å²) in [5.74, 6) is -1.75. The maximum Gasteiger partial charge on any atom is 0.246 e. The molecule has 4 rings (SSSR count). The summed E-state index contributed by atoms with van der Waals surface area (Å²) in [6, 6.07) is 9.23. The van der Waals surface area contributed by atoms with Crippen molar-refractivity contribution in [3.05, 3.63) is 47.5 Å². The lowest BCUT2D eigenvalue weighted by molar-refractivity contribution is -0.147. The molecule has 0 aliphatic carbocycles.